The Balaban J connectivity index is 1.56. The van der Waals surface area contributed by atoms with Crippen LogP contribution in [0.1, 0.15) is 37.0 Å². The highest BCUT2D eigenvalue weighted by Gasteiger charge is 2.54. The van der Waals surface area contributed by atoms with Gasteiger partial charge in [0.05, 0.1) is 17.3 Å². The molecule has 186 valence electrons. The average molecular weight is 517 g/mol. The Morgan fingerprint density at radius 3 is 2.26 bits per heavy atom. The molecule has 0 aromatic heterocycles. The van der Waals surface area contributed by atoms with Crippen molar-refractivity contribution < 1.29 is 14.4 Å². The topological polar surface area (TPSA) is 64.2 Å². The van der Waals surface area contributed by atoms with Crippen LogP contribution in [-0.2, 0) is 9.59 Å². The highest BCUT2D eigenvalue weighted by atomic mass is 35.5. The lowest BCUT2D eigenvalue weighted by molar-refractivity contribution is -0.140. The minimum atomic E-state index is -0.800. The second-order valence-electron chi connectivity index (χ2n) is 8.92. The number of piperidine rings is 1. The van der Waals surface area contributed by atoms with E-state index in [0.29, 0.717) is 61.3 Å². The molecule has 0 radical (unpaired) electrons. The number of likely N-dealkylation sites (tertiary alicyclic amines) is 1. The second-order valence-corrected chi connectivity index (χ2v) is 9.77. The maximum atomic E-state index is 13.8. The summed E-state index contributed by atoms with van der Waals surface area (Å²) >= 11 is 12.3. The van der Waals surface area contributed by atoms with E-state index in [-0.39, 0.29) is 24.3 Å². The van der Waals surface area contributed by atoms with Crippen LogP contribution in [0.5, 0.6) is 0 Å². The number of carbonyl (C=O) groups is 3. The summed E-state index contributed by atoms with van der Waals surface area (Å²) in [4.78, 5) is 47.0. The van der Waals surface area contributed by atoms with Gasteiger partial charge in [0.2, 0.25) is 5.91 Å². The molecule has 0 atom stereocenters. The number of para-hydroxylation sites is 1. The number of rotatable bonds is 6. The summed E-state index contributed by atoms with van der Waals surface area (Å²) in [6.45, 7) is 6.29. The first kappa shape index (κ1) is 25.3. The Kier molecular flexibility index (Phi) is 7.57. The molecular weight excluding hydrogens is 487 g/mol. The monoisotopic (exact) mass is 516 g/mol. The lowest BCUT2D eigenvalue weighted by atomic mass is 9.85. The summed E-state index contributed by atoms with van der Waals surface area (Å²) < 4.78 is 0. The molecule has 0 N–H and O–H groups in total. The molecule has 0 aliphatic carbocycles. The highest BCUT2D eigenvalue weighted by molar-refractivity contribution is 6.36. The summed E-state index contributed by atoms with van der Waals surface area (Å²) in [6.07, 6.45) is 0.932. The SMILES string of the molecule is CCN(CC)C(=O)CN1CN(c2ccccc2)C2(CCN(C(=O)c3ccc(Cl)cc3Cl)CC2)C1=O. The summed E-state index contributed by atoms with van der Waals surface area (Å²) in [6, 6.07) is 14.6. The first-order valence-corrected chi connectivity index (χ1v) is 12.7. The smallest absolute Gasteiger partial charge is 0.255 e. The van der Waals surface area contributed by atoms with Crippen LogP contribution < -0.4 is 4.90 Å². The number of anilines is 1. The Morgan fingerprint density at radius 1 is 1.00 bits per heavy atom. The molecule has 2 aliphatic heterocycles. The van der Waals surface area contributed by atoms with Crippen molar-refractivity contribution in [2.75, 3.05) is 44.3 Å². The van der Waals surface area contributed by atoms with Crippen LogP contribution in [0.15, 0.2) is 48.5 Å². The Hall–Kier alpha value is -2.77. The zero-order chi connectivity index (χ0) is 25.2. The predicted molar refractivity (Wildman–Crippen MR) is 138 cm³/mol. The van der Waals surface area contributed by atoms with Crippen LogP contribution in [0.2, 0.25) is 10.0 Å². The average Bonchev–Trinajstić information content (AvgIpc) is 3.11. The number of nitrogens with zero attached hydrogens (tertiary/aromatic N) is 4. The summed E-state index contributed by atoms with van der Waals surface area (Å²) in [5, 5.41) is 0.783. The summed E-state index contributed by atoms with van der Waals surface area (Å²) in [5.41, 5.74) is 0.529. The molecule has 4 rings (SSSR count). The van der Waals surface area contributed by atoms with Gasteiger partial charge in [0.1, 0.15) is 12.1 Å². The van der Waals surface area contributed by atoms with E-state index in [1.165, 1.54) is 0 Å². The van der Waals surface area contributed by atoms with Crippen LogP contribution in [0.3, 0.4) is 0 Å². The molecule has 3 amide bonds. The minimum Gasteiger partial charge on any atom is -0.342 e. The van der Waals surface area contributed by atoms with E-state index >= 15 is 0 Å². The lowest BCUT2D eigenvalue weighted by Crippen LogP contribution is -2.57. The fourth-order valence-corrected chi connectivity index (χ4v) is 5.56. The van der Waals surface area contributed by atoms with Gasteiger partial charge in [-0.1, -0.05) is 41.4 Å². The van der Waals surface area contributed by atoms with Gasteiger partial charge in [0, 0.05) is 36.9 Å². The van der Waals surface area contributed by atoms with Gasteiger partial charge in [-0.05, 0) is 57.0 Å². The quantitative estimate of drug-likeness (QED) is 0.578. The van der Waals surface area contributed by atoms with Gasteiger partial charge in [0.15, 0.2) is 0 Å². The van der Waals surface area contributed by atoms with Crippen molar-refractivity contribution in [1.29, 1.82) is 0 Å². The highest BCUT2D eigenvalue weighted by Crippen LogP contribution is 2.40. The van der Waals surface area contributed by atoms with E-state index in [2.05, 4.69) is 4.90 Å². The van der Waals surface area contributed by atoms with Crippen LogP contribution in [0.4, 0.5) is 5.69 Å². The largest absolute Gasteiger partial charge is 0.342 e. The number of halogens is 2. The number of hydrogen-bond donors (Lipinski definition) is 0. The van der Waals surface area contributed by atoms with Gasteiger partial charge in [-0.3, -0.25) is 14.4 Å². The van der Waals surface area contributed by atoms with Gasteiger partial charge < -0.3 is 19.6 Å². The number of carbonyl (C=O) groups excluding carboxylic acids is 3. The third kappa shape index (κ3) is 4.84. The van der Waals surface area contributed by atoms with Crippen LogP contribution in [0.25, 0.3) is 0 Å². The van der Waals surface area contributed by atoms with Crippen molar-refractivity contribution in [2.24, 2.45) is 0 Å². The molecule has 2 aliphatic rings. The van der Waals surface area contributed by atoms with E-state index in [0.717, 1.165) is 5.69 Å². The molecule has 2 saturated heterocycles. The van der Waals surface area contributed by atoms with E-state index < -0.39 is 5.54 Å². The van der Waals surface area contributed by atoms with Crippen molar-refractivity contribution in [1.82, 2.24) is 14.7 Å². The molecule has 9 heteroatoms. The van der Waals surface area contributed by atoms with Crippen molar-refractivity contribution >= 4 is 46.6 Å². The van der Waals surface area contributed by atoms with Gasteiger partial charge in [-0.15, -0.1) is 0 Å². The fraction of sp³-hybridized carbons (Fsp3) is 0.423. The van der Waals surface area contributed by atoms with Gasteiger partial charge in [-0.25, -0.2) is 0 Å². The van der Waals surface area contributed by atoms with Crippen LogP contribution in [-0.4, -0.2) is 77.4 Å². The van der Waals surface area contributed by atoms with Crippen molar-refractivity contribution in [3.8, 4) is 0 Å². The van der Waals surface area contributed by atoms with Crippen molar-refractivity contribution in [2.45, 2.75) is 32.2 Å². The third-order valence-electron chi connectivity index (χ3n) is 7.06. The zero-order valence-electron chi connectivity index (χ0n) is 20.0. The molecule has 2 fully saturated rings. The number of amides is 3. The number of hydrogen-bond acceptors (Lipinski definition) is 4. The molecule has 1 spiro atoms. The normalized spacial score (nSPS) is 17.3. The number of benzene rings is 2. The molecule has 2 heterocycles. The summed E-state index contributed by atoms with van der Waals surface area (Å²) in [5.74, 6) is -0.288. The first-order valence-electron chi connectivity index (χ1n) is 11.9. The third-order valence-corrected chi connectivity index (χ3v) is 7.61. The van der Waals surface area contributed by atoms with E-state index in [1.54, 1.807) is 32.9 Å². The molecule has 35 heavy (non-hydrogen) atoms. The maximum absolute atomic E-state index is 13.8. The number of likely N-dealkylation sites (N-methyl/N-ethyl adjacent to an activating group) is 1. The maximum Gasteiger partial charge on any atom is 0.255 e. The molecule has 0 unspecified atom stereocenters. The second kappa shape index (κ2) is 10.5. The molecule has 0 saturated carbocycles. The molecular formula is C26H30Cl2N4O3. The molecule has 2 aromatic rings. The molecule has 0 bridgehead atoms. The predicted octanol–water partition coefficient (Wildman–Crippen LogP) is 4.14. The van der Waals surface area contributed by atoms with Gasteiger partial charge in [0.25, 0.3) is 11.8 Å². The van der Waals surface area contributed by atoms with Gasteiger partial charge in [-0.2, -0.15) is 0 Å². The Morgan fingerprint density at radius 2 is 1.66 bits per heavy atom. The van der Waals surface area contributed by atoms with E-state index in [4.69, 9.17) is 23.2 Å². The molecule has 2 aromatic carbocycles. The molecule has 7 nitrogen and oxygen atoms in total. The van der Waals surface area contributed by atoms with Crippen LogP contribution >= 0.6 is 23.2 Å². The van der Waals surface area contributed by atoms with Gasteiger partial charge >= 0.3 is 0 Å². The Labute approximate surface area is 216 Å². The van der Waals surface area contributed by atoms with Crippen molar-refractivity contribution in [3.05, 3.63) is 64.1 Å². The standard InChI is InChI=1S/C26H30Cl2N4O3/c1-3-29(4-2)23(33)17-31-18-32(20-8-6-5-7-9-20)26(25(31)35)12-14-30(15-13-26)24(34)21-11-10-19(27)16-22(21)28/h5-11,16H,3-4,12-15,17-18H2,1-2H3. The fourth-order valence-electron chi connectivity index (χ4n) is 5.07. The zero-order valence-corrected chi connectivity index (χ0v) is 21.6. The first-order chi connectivity index (χ1) is 16.8. The summed E-state index contributed by atoms with van der Waals surface area (Å²) in [7, 11) is 0. The minimum absolute atomic E-state index is 0.0502. The van der Waals surface area contributed by atoms with E-state index in [1.807, 2.05) is 44.2 Å². The lowest BCUT2D eigenvalue weighted by Gasteiger charge is -2.43. The Bertz CT molecular complexity index is 1100. The van der Waals surface area contributed by atoms with Crippen LogP contribution in [0, 0.1) is 0 Å². The van der Waals surface area contributed by atoms with E-state index in [9.17, 15) is 14.4 Å². The van der Waals surface area contributed by atoms with Crippen molar-refractivity contribution in [3.63, 3.8) is 0 Å².